The van der Waals surface area contributed by atoms with Gasteiger partial charge in [-0.3, -0.25) is 0 Å². The Morgan fingerprint density at radius 2 is 1.44 bits per heavy atom. The Morgan fingerprint density at radius 1 is 1.06 bits per heavy atom. The number of hydrogen-bond donors (Lipinski definition) is 0. The molecule has 7 heteroatoms. The molecular formula is C9H11F5O2. The Morgan fingerprint density at radius 3 is 1.69 bits per heavy atom. The molecule has 0 aromatic carbocycles. The van der Waals surface area contributed by atoms with Crippen LogP contribution >= 0.6 is 0 Å². The van der Waals surface area contributed by atoms with Gasteiger partial charge in [0.1, 0.15) is 11.2 Å². The molecule has 2 nitrogen and oxygen atoms in total. The van der Waals surface area contributed by atoms with Crippen LogP contribution in [0.4, 0.5) is 22.0 Å². The van der Waals surface area contributed by atoms with Crippen molar-refractivity contribution in [2.45, 2.75) is 38.5 Å². The van der Waals surface area contributed by atoms with Gasteiger partial charge in [-0.05, 0) is 20.8 Å². The van der Waals surface area contributed by atoms with Crippen LogP contribution < -0.4 is 0 Å². The Kier molecular flexibility index (Phi) is 3.74. The molecule has 0 radical (unpaired) electrons. The summed E-state index contributed by atoms with van der Waals surface area (Å²) in [4.78, 5) is 11.0. The van der Waals surface area contributed by atoms with Crippen molar-refractivity contribution in [2.75, 3.05) is 0 Å². The molecule has 16 heavy (non-hydrogen) atoms. The Labute approximate surface area is 89.1 Å². The molecule has 0 N–H and O–H groups in total. The summed E-state index contributed by atoms with van der Waals surface area (Å²) < 4.78 is 65.2. The van der Waals surface area contributed by atoms with E-state index in [1.54, 1.807) is 0 Å². The van der Waals surface area contributed by atoms with E-state index in [2.05, 4.69) is 11.3 Å². The van der Waals surface area contributed by atoms with E-state index < -0.39 is 29.2 Å². The molecule has 94 valence electrons. The molecule has 0 bridgehead atoms. The minimum absolute atomic E-state index is 1.16. The standard InChI is InChI=1S/C9H11F5O2/c1-5(6(15)16-7(2,3)4)8(10,11)9(12,13)14/h1H2,2-4H3. The van der Waals surface area contributed by atoms with Gasteiger partial charge in [-0.2, -0.15) is 22.0 Å². The largest absolute Gasteiger partial charge is 0.458 e. The Balaban J connectivity index is 4.89. The third-order valence-corrected chi connectivity index (χ3v) is 1.38. The molecule has 0 fully saturated rings. The van der Waals surface area contributed by atoms with E-state index in [-0.39, 0.29) is 0 Å². The third kappa shape index (κ3) is 3.46. The number of esters is 1. The molecule has 0 heterocycles. The lowest BCUT2D eigenvalue weighted by atomic mass is 10.1. The van der Waals surface area contributed by atoms with Crippen LogP contribution in [-0.2, 0) is 9.53 Å². The van der Waals surface area contributed by atoms with Gasteiger partial charge in [0, 0.05) is 0 Å². The highest BCUT2D eigenvalue weighted by molar-refractivity contribution is 5.90. The van der Waals surface area contributed by atoms with Crippen LogP contribution in [-0.4, -0.2) is 23.7 Å². The lowest BCUT2D eigenvalue weighted by molar-refractivity contribution is -0.265. The van der Waals surface area contributed by atoms with E-state index in [1.807, 2.05) is 0 Å². The Hall–Kier alpha value is -1.14. The van der Waals surface area contributed by atoms with E-state index in [9.17, 15) is 26.7 Å². The molecule has 0 aromatic heterocycles. The molecule has 0 aliphatic heterocycles. The second-order valence-electron chi connectivity index (χ2n) is 4.05. The van der Waals surface area contributed by atoms with Gasteiger partial charge < -0.3 is 4.74 Å². The normalized spacial score (nSPS) is 13.5. The summed E-state index contributed by atoms with van der Waals surface area (Å²) in [5.74, 6) is -7.05. The molecule has 0 aliphatic rings. The molecule has 0 rings (SSSR count). The summed E-state index contributed by atoms with van der Waals surface area (Å²) in [5, 5.41) is 0. The van der Waals surface area contributed by atoms with Crippen LogP contribution in [0.1, 0.15) is 20.8 Å². The zero-order valence-electron chi connectivity index (χ0n) is 8.91. The predicted octanol–water partition coefficient (Wildman–Crippen LogP) is 3.08. The highest BCUT2D eigenvalue weighted by Gasteiger charge is 2.61. The van der Waals surface area contributed by atoms with Crippen LogP contribution in [0.15, 0.2) is 12.2 Å². The summed E-state index contributed by atoms with van der Waals surface area (Å²) >= 11 is 0. The quantitative estimate of drug-likeness (QED) is 0.425. The first-order valence-corrected chi connectivity index (χ1v) is 4.16. The first-order chi connectivity index (χ1) is 6.79. The fraction of sp³-hybridized carbons (Fsp3) is 0.667. The van der Waals surface area contributed by atoms with Crippen LogP contribution in [0.2, 0.25) is 0 Å². The van der Waals surface area contributed by atoms with Gasteiger partial charge in [0.25, 0.3) is 0 Å². The number of ether oxygens (including phenoxy) is 1. The second-order valence-corrected chi connectivity index (χ2v) is 4.05. The van der Waals surface area contributed by atoms with Gasteiger partial charge in [0.15, 0.2) is 0 Å². The van der Waals surface area contributed by atoms with Gasteiger partial charge in [0.2, 0.25) is 0 Å². The second kappa shape index (κ2) is 4.03. The molecule has 0 saturated carbocycles. The van der Waals surface area contributed by atoms with Crippen molar-refractivity contribution in [1.82, 2.24) is 0 Å². The first-order valence-electron chi connectivity index (χ1n) is 4.16. The number of rotatable bonds is 2. The van der Waals surface area contributed by atoms with Crippen LogP contribution in [0.3, 0.4) is 0 Å². The fourth-order valence-corrected chi connectivity index (χ4v) is 0.639. The molecule has 0 saturated heterocycles. The van der Waals surface area contributed by atoms with E-state index in [0.717, 1.165) is 0 Å². The van der Waals surface area contributed by atoms with Crippen LogP contribution in [0, 0.1) is 0 Å². The maximum atomic E-state index is 12.6. The van der Waals surface area contributed by atoms with Crippen LogP contribution in [0.5, 0.6) is 0 Å². The highest BCUT2D eigenvalue weighted by atomic mass is 19.4. The SMILES string of the molecule is C=C(C(=O)OC(C)(C)C)C(F)(F)C(F)(F)F. The average molecular weight is 246 g/mol. The van der Waals surface area contributed by atoms with Gasteiger partial charge in [0.05, 0.1) is 0 Å². The third-order valence-electron chi connectivity index (χ3n) is 1.38. The van der Waals surface area contributed by atoms with Gasteiger partial charge in [-0.25, -0.2) is 4.79 Å². The number of carbonyl (C=O) groups is 1. The maximum Gasteiger partial charge on any atom is 0.458 e. The number of alkyl halides is 5. The van der Waals surface area contributed by atoms with Gasteiger partial charge >= 0.3 is 18.1 Å². The summed E-state index contributed by atoms with van der Waals surface area (Å²) in [5.41, 5.74) is -3.09. The lowest BCUT2D eigenvalue weighted by Crippen LogP contribution is -2.42. The van der Waals surface area contributed by atoms with Crippen molar-refractivity contribution in [1.29, 1.82) is 0 Å². The minimum atomic E-state index is -5.86. The van der Waals surface area contributed by atoms with Crippen molar-refractivity contribution < 1.29 is 31.5 Å². The topological polar surface area (TPSA) is 26.3 Å². The van der Waals surface area contributed by atoms with E-state index in [1.165, 1.54) is 20.8 Å². The smallest absolute Gasteiger partial charge is 0.456 e. The summed E-state index contributed by atoms with van der Waals surface area (Å²) in [7, 11) is 0. The summed E-state index contributed by atoms with van der Waals surface area (Å²) in [6, 6.07) is 0. The maximum absolute atomic E-state index is 12.6. The van der Waals surface area contributed by atoms with Crippen molar-refractivity contribution in [3.8, 4) is 0 Å². The fourth-order valence-electron chi connectivity index (χ4n) is 0.639. The summed E-state index contributed by atoms with van der Waals surface area (Å²) in [6.07, 6.45) is -5.86. The van der Waals surface area contributed by atoms with Crippen LogP contribution in [0.25, 0.3) is 0 Å². The zero-order valence-corrected chi connectivity index (χ0v) is 8.91. The zero-order chi connectivity index (χ0) is 13.4. The van der Waals surface area contributed by atoms with Crippen molar-refractivity contribution in [2.24, 2.45) is 0 Å². The monoisotopic (exact) mass is 246 g/mol. The summed E-state index contributed by atoms with van der Waals surface area (Å²) in [6.45, 7) is 6.44. The molecule has 0 amide bonds. The van der Waals surface area contributed by atoms with E-state index in [4.69, 9.17) is 0 Å². The molecule has 0 spiro atoms. The van der Waals surface area contributed by atoms with E-state index in [0.29, 0.717) is 0 Å². The minimum Gasteiger partial charge on any atom is -0.456 e. The number of carbonyl (C=O) groups excluding carboxylic acids is 1. The van der Waals surface area contributed by atoms with Crippen molar-refractivity contribution in [3.05, 3.63) is 12.2 Å². The number of hydrogen-bond acceptors (Lipinski definition) is 2. The van der Waals surface area contributed by atoms with E-state index >= 15 is 0 Å². The van der Waals surface area contributed by atoms with Crippen molar-refractivity contribution in [3.63, 3.8) is 0 Å². The molecule has 0 aliphatic carbocycles. The van der Waals surface area contributed by atoms with Gasteiger partial charge in [-0.15, -0.1) is 0 Å². The van der Waals surface area contributed by atoms with Crippen molar-refractivity contribution >= 4 is 5.97 Å². The Bertz CT molecular complexity index is 298. The number of halogens is 5. The van der Waals surface area contributed by atoms with Gasteiger partial charge in [-0.1, -0.05) is 6.58 Å². The molecular weight excluding hydrogens is 235 g/mol. The molecule has 0 aromatic rings. The lowest BCUT2D eigenvalue weighted by Gasteiger charge is -2.24. The highest BCUT2D eigenvalue weighted by Crippen LogP contribution is 2.41. The predicted molar refractivity (Wildman–Crippen MR) is 46.0 cm³/mol. The first kappa shape index (κ1) is 14.9. The average Bonchev–Trinajstić information content (AvgIpc) is 1.97. The molecule has 0 atom stereocenters. The molecule has 0 unspecified atom stereocenters.